The van der Waals surface area contributed by atoms with Gasteiger partial charge in [-0.2, -0.15) is 4.98 Å². The highest BCUT2D eigenvalue weighted by Gasteiger charge is 2.40. The van der Waals surface area contributed by atoms with E-state index in [0.29, 0.717) is 6.04 Å². The van der Waals surface area contributed by atoms with Crippen molar-refractivity contribution in [3.05, 3.63) is 46.6 Å². The van der Waals surface area contributed by atoms with Gasteiger partial charge >= 0.3 is 0 Å². The van der Waals surface area contributed by atoms with Crippen LogP contribution in [0.2, 0.25) is 5.02 Å². The Hall–Kier alpha value is -1.39. The predicted octanol–water partition coefficient (Wildman–Crippen LogP) is 4.12. The Morgan fingerprint density at radius 2 is 1.91 bits per heavy atom. The zero-order chi connectivity index (χ0) is 16.3. The Bertz CT molecular complexity index is 632. The molecule has 1 heterocycles. The van der Waals surface area contributed by atoms with Crippen molar-refractivity contribution in [2.75, 3.05) is 7.05 Å². The van der Waals surface area contributed by atoms with Crippen LogP contribution in [0, 0.1) is 0 Å². The fourth-order valence-corrected chi connectivity index (χ4v) is 3.58. The minimum absolute atomic E-state index is 0.156. The lowest BCUT2D eigenvalue weighted by Crippen LogP contribution is -2.31. The molecule has 0 aliphatic heterocycles. The maximum atomic E-state index is 6.06. The van der Waals surface area contributed by atoms with Gasteiger partial charge in [-0.3, -0.25) is 0 Å². The van der Waals surface area contributed by atoms with E-state index >= 15 is 0 Å². The molecule has 4 nitrogen and oxygen atoms in total. The van der Waals surface area contributed by atoms with Crippen LogP contribution in [0.25, 0.3) is 0 Å². The molecule has 124 valence electrons. The van der Waals surface area contributed by atoms with E-state index in [9.17, 15) is 0 Å². The van der Waals surface area contributed by atoms with Crippen LogP contribution in [0.4, 0.5) is 0 Å². The number of nitrogens with zero attached hydrogens (tertiary/aromatic N) is 2. The van der Waals surface area contributed by atoms with Gasteiger partial charge in [-0.05, 0) is 44.5 Å². The van der Waals surface area contributed by atoms with Crippen LogP contribution in [0.15, 0.2) is 28.8 Å². The second-order valence-electron chi connectivity index (χ2n) is 6.56. The number of halogens is 1. The molecule has 0 amide bonds. The molecule has 1 unspecified atom stereocenters. The second kappa shape index (κ2) is 7.02. The summed E-state index contributed by atoms with van der Waals surface area (Å²) in [5, 5.41) is 8.19. The summed E-state index contributed by atoms with van der Waals surface area (Å²) in [6.07, 6.45) is 6.53. The molecule has 1 fully saturated rings. The van der Waals surface area contributed by atoms with E-state index in [1.165, 1.54) is 24.8 Å². The molecule has 23 heavy (non-hydrogen) atoms. The molecule has 1 aliphatic rings. The summed E-state index contributed by atoms with van der Waals surface area (Å²) in [7, 11) is 1.95. The van der Waals surface area contributed by atoms with Crippen LogP contribution in [-0.4, -0.2) is 23.2 Å². The molecule has 1 atom stereocenters. The number of nitrogens with one attached hydrogen (secondary N) is 1. The van der Waals surface area contributed by atoms with Crippen LogP contribution < -0.4 is 5.32 Å². The highest BCUT2D eigenvalue weighted by atomic mass is 35.5. The van der Waals surface area contributed by atoms with Crippen LogP contribution >= 0.6 is 11.6 Å². The Balaban J connectivity index is 1.94. The van der Waals surface area contributed by atoms with E-state index in [1.54, 1.807) is 0 Å². The largest absolute Gasteiger partial charge is 0.338 e. The lowest BCUT2D eigenvalue weighted by molar-refractivity contribution is 0.250. The molecule has 3 rings (SSSR count). The summed E-state index contributed by atoms with van der Waals surface area (Å²) in [5.74, 6) is 1.54. The maximum absolute atomic E-state index is 6.06. The van der Waals surface area contributed by atoms with Gasteiger partial charge in [-0.25, -0.2) is 0 Å². The maximum Gasteiger partial charge on any atom is 0.237 e. The number of hydrogen-bond acceptors (Lipinski definition) is 4. The van der Waals surface area contributed by atoms with Gasteiger partial charge < -0.3 is 9.84 Å². The number of likely N-dealkylation sites (N-methyl/N-ethyl adjacent to an activating group) is 1. The molecule has 0 radical (unpaired) electrons. The average molecular weight is 334 g/mol. The van der Waals surface area contributed by atoms with Gasteiger partial charge in [-0.1, -0.05) is 48.2 Å². The first kappa shape index (κ1) is 16.5. The summed E-state index contributed by atoms with van der Waals surface area (Å²) in [6, 6.07) is 8.45. The van der Waals surface area contributed by atoms with Gasteiger partial charge in [0.25, 0.3) is 0 Å². The first-order valence-corrected chi connectivity index (χ1v) is 8.78. The Morgan fingerprint density at radius 1 is 1.22 bits per heavy atom. The minimum Gasteiger partial charge on any atom is -0.338 e. The zero-order valence-electron chi connectivity index (χ0n) is 13.8. The molecule has 1 aromatic heterocycles. The first-order valence-electron chi connectivity index (χ1n) is 8.40. The van der Waals surface area contributed by atoms with E-state index in [2.05, 4.69) is 29.5 Å². The summed E-state index contributed by atoms with van der Waals surface area (Å²) in [5.41, 5.74) is 1.08. The van der Waals surface area contributed by atoms with Crippen molar-refractivity contribution >= 4 is 11.6 Å². The Morgan fingerprint density at radius 3 is 2.57 bits per heavy atom. The van der Waals surface area contributed by atoms with Crippen molar-refractivity contribution in [3.63, 3.8) is 0 Å². The molecule has 1 N–H and O–H groups in total. The molecule has 1 saturated carbocycles. The molecule has 2 aromatic rings. The van der Waals surface area contributed by atoms with Crippen LogP contribution in [-0.2, 0) is 11.8 Å². The summed E-state index contributed by atoms with van der Waals surface area (Å²) in [4.78, 5) is 4.74. The quantitative estimate of drug-likeness (QED) is 0.894. The first-order chi connectivity index (χ1) is 11.1. The third kappa shape index (κ3) is 3.43. The van der Waals surface area contributed by atoms with Crippen LogP contribution in [0.1, 0.15) is 56.3 Å². The SMILES string of the molecule is CNC(C)Cc1noc(C2(c3ccc(Cl)cc3)CCCCC2)n1. The Labute approximate surface area is 142 Å². The smallest absolute Gasteiger partial charge is 0.237 e. The molecular formula is C18H24ClN3O. The standard InChI is InChI=1S/C18H24ClN3O/c1-13(20-2)12-16-21-17(23-22-16)18(10-4-3-5-11-18)14-6-8-15(19)9-7-14/h6-9,13,20H,3-5,10-12H2,1-2H3. The van der Waals surface area contributed by atoms with Gasteiger partial charge in [0, 0.05) is 17.5 Å². The van der Waals surface area contributed by atoms with Gasteiger partial charge in [0.15, 0.2) is 5.82 Å². The highest BCUT2D eigenvalue weighted by Crippen LogP contribution is 2.44. The fraction of sp³-hybridized carbons (Fsp3) is 0.556. The summed E-state index contributed by atoms with van der Waals surface area (Å²) < 4.78 is 5.72. The molecular weight excluding hydrogens is 310 g/mol. The normalized spacial score (nSPS) is 18.7. The minimum atomic E-state index is -0.156. The lowest BCUT2D eigenvalue weighted by atomic mass is 9.69. The zero-order valence-corrected chi connectivity index (χ0v) is 14.6. The highest BCUT2D eigenvalue weighted by molar-refractivity contribution is 6.30. The van der Waals surface area contributed by atoms with Crippen molar-refractivity contribution in [2.45, 2.75) is 56.9 Å². The molecule has 5 heteroatoms. The molecule has 0 spiro atoms. The van der Waals surface area contributed by atoms with Crippen LogP contribution in [0.3, 0.4) is 0 Å². The number of benzene rings is 1. The Kier molecular flexibility index (Phi) is 5.02. The number of hydrogen-bond donors (Lipinski definition) is 1. The lowest BCUT2D eigenvalue weighted by Gasteiger charge is -2.34. The van der Waals surface area contributed by atoms with Gasteiger partial charge in [0.1, 0.15) is 0 Å². The van der Waals surface area contributed by atoms with Gasteiger partial charge in [-0.15, -0.1) is 0 Å². The molecule has 1 aliphatic carbocycles. The summed E-state index contributed by atoms with van der Waals surface area (Å²) >= 11 is 6.06. The van der Waals surface area contributed by atoms with E-state index < -0.39 is 0 Å². The van der Waals surface area contributed by atoms with E-state index in [1.807, 2.05) is 19.2 Å². The van der Waals surface area contributed by atoms with E-state index in [4.69, 9.17) is 21.1 Å². The molecule has 0 saturated heterocycles. The number of aromatic nitrogens is 2. The third-order valence-corrected chi connectivity index (χ3v) is 5.21. The van der Waals surface area contributed by atoms with Gasteiger partial charge in [0.05, 0.1) is 5.41 Å². The topological polar surface area (TPSA) is 51.0 Å². The monoisotopic (exact) mass is 333 g/mol. The van der Waals surface area contributed by atoms with Gasteiger partial charge in [0.2, 0.25) is 5.89 Å². The van der Waals surface area contributed by atoms with Crippen molar-refractivity contribution in [2.24, 2.45) is 0 Å². The molecule has 1 aromatic carbocycles. The molecule has 0 bridgehead atoms. The fourth-order valence-electron chi connectivity index (χ4n) is 3.46. The third-order valence-electron chi connectivity index (χ3n) is 4.96. The van der Waals surface area contributed by atoms with Crippen LogP contribution in [0.5, 0.6) is 0 Å². The van der Waals surface area contributed by atoms with Crippen molar-refractivity contribution in [1.82, 2.24) is 15.5 Å². The summed E-state index contributed by atoms with van der Waals surface area (Å²) in [6.45, 7) is 2.12. The second-order valence-corrected chi connectivity index (χ2v) is 7.00. The van der Waals surface area contributed by atoms with Crippen molar-refractivity contribution in [3.8, 4) is 0 Å². The number of rotatable bonds is 5. The van der Waals surface area contributed by atoms with Crippen molar-refractivity contribution < 1.29 is 4.52 Å². The average Bonchev–Trinajstić information content (AvgIpc) is 3.05. The van der Waals surface area contributed by atoms with Crippen molar-refractivity contribution in [1.29, 1.82) is 0 Å². The van der Waals surface area contributed by atoms with E-state index in [-0.39, 0.29) is 5.41 Å². The predicted molar refractivity (Wildman–Crippen MR) is 91.8 cm³/mol. The van der Waals surface area contributed by atoms with E-state index in [0.717, 1.165) is 36.0 Å².